The van der Waals surface area contributed by atoms with Crippen molar-refractivity contribution in [2.75, 3.05) is 18.5 Å². The highest BCUT2D eigenvalue weighted by molar-refractivity contribution is 5.97. The van der Waals surface area contributed by atoms with Crippen molar-refractivity contribution in [1.29, 1.82) is 0 Å². The fourth-order valence-corrected chi connectivity index (χ4v) is 6.50. The Hall–Kier alpha value is -3.02. The molecule has 3 unspecified atom stereocenters. The van der Waals surface area contributed by atoms with Gasteiger partial charge in [0.05, 0.1) is 30.1 Å². The van der Waals surface area contributed by atoms with Gasteiger partial charge in [-0.15, -0.1) is 0 Å². The number of anilines is 1. The molecule has 3 aromatic heterocycles. The zero-order valence-electron chi connectivity index (χ0n) is 18.6. The fraction of sp³-hybridized carbons (Fsp3) is 0.565. The van der Waals surface area contributed by atoms with Gasteiger partial charge in [-0.1, -0.05) is 5.16 Å². The Labute approximate surface area is 195 Å². The monoisotopic (exact) mass is 468 g/mol. The van der Waals surface area contributed by atoms with Crippen molar-refractivity contribution in [1.82, 2.24) is 25.4 Å². The second-order valence-electron chi connectivity index (χ2n) is 10.1. The molecule has 3 heterocycles. The van der Waals surface area contributed by atoms with Gasteiger partial charge in [0.25, 0.3) is 17.6 Å². The zero-order chi connectivity index (χ0) is 23.4. The van der Waals surface area contributed by atoms with Crippen molar-refractivity contribution in [3.05, 3.63) is 24.3 Å². The first-order valence-corrected chi connectivity index (χ1v) is 11.8. The maximum absolute atomic E-state index is 12.3. The standard InChI is InChI=1S/C23H28N6O5/c30-10-14(31)8-26-21(33)20-27-22(34-29-20)16-9-25-19-15(1-2-24-19)17(16)28-23-5-11-3-12(6-23)18(32)13(4-11)7-23/h1-2,9,11-14,18,30-32H,3-8,10H2,(H,26,33)(H2,24,25,28)/t11?,12-,13+,14-,18?,23?/m0/s1. The van der Waals surface area contributed by atoms with Crippen LogP contribution in [0.25, 0.3) is 22.5 Å². The summed E-state index contributed by atoms with van der Waals surface area (Å²) in [4.78, 5) is 24.3. The van der Waals surface area contributed by atoms with E-state index in [0.29, 0.717) is 23.3 Å². The molecule has 0 radical (unpaired) electrons. The third-order valence-corrected chi connectivity index (χ3v) is 7.77. The minimum atomic E-state index is -1.06. The predicted molar refractivity (Wildman–Crippen MR) is 121 cm³/mol. The van der Waals surface area contributed by atoms with Crippen LogP contribution in [0.4, 0.5) is 5.69 Å². The highest BCUT2D eigenvalue weighted by Crippen LogP contribution is 2.57. The zero-order valence-corrected chi connectivity index (χ0v) is 18.6. The number of nitrogens with zero attached hydrogens (tertiary/aromatic N) is 3. The van der Waals surface area contributed by atoms with E-state index in [0.717, 1.165) is 48.8 Å². The Kier molecular flexibility index (Phi) is 5.08. The van der Waals surface area contributed by atoms with Crippen LogP contribution in [0.5, 0.6) is 0 Å². The number of carbonyl (C=O) groups excluding carboxylic acids is 1. The largest absolute Gasteiger partial charge is 0.394 e. The molecule has 6 N–H and O–H groups in total. The van der Waals surface area contributed by atoms with E-state index in [9.17, 15) is 15.0 Å². The summed E-state index contributed by atoms with van der Waals surface area (Å²) >= 11 is 0. The molecule has 7 rings (SSSR count). The van der Waals surface area contributed by atoms with Crippen molar-refractivity contribution >= 4 is 22.6 Å². The first-order valence-electron chi connectivity index (χ1n) is 11.8. The lowest BCUT2D eigenvalue weighted by atomic mass is 9.51. The van der Waals surface area contributed by atoms with Crippen molar-refractivity contribution in [3.8, 4) is 11.5 Å². The molecule has 11 nitrogen and oxygen atoms in total. The molecule has 34 heavy (non-hydrogen) atoms. The maximum atomic E-state index is 12.3. The molecule has 4 saturated carbocycles. The number of fused-ring (bicyclic) bond motifs is 1. The van der Waals surface area contributed by atoms with Gasteiger partial charge in [0.2, 0.25) is 0 Å². The molecule has 0 saturated heterocycles. The van der Waals surface area contributed by atoms with Gasteiger partial charge >= 0.3 is 0 Å². The van der Waals surface area contributed by atoms with E-state index in [-0.39, 0.29) is 29.9 Å². The van der Waals surface area contributed by atoms with Crippen LogP contribution >= 0.6 is 0 Å². The molecule has 0 aromatic carbocycles. The summed E-state index contributed by atoms with van der Waals surface area (Å²) in [5.41, 5.74) is 2.04. The highest BCUT2D eigenvalue weighted by atomic mass is 16.5. The Bertz CT molecular complexity index is 1210. The van der Waals surface area contributed by atoms with Crippen LogP contribution in [0, 0.1) is 17.8 Å². The van der Waals surface area contributed by atoms with Gasteiger partial charge in [-0.3, -0.25) is 4.79 Å². The van der Waals surface area contributed by atoms with Crippen LogP contribution in [-0.2, 0) is 0 Å². The summed E-state index contributed by atoms with van der Waals surface area (Å²) in [6.45, 7) is -0.586. The van der Waals surface area contributed by atoms with Gasteiger partial charge in [-0.2, -0.15) is 4.98 Å². The molecule has 0 aliphatic heterocycles. The lowest BCUT2D eigenvalue weighted by Gasteiger charge is -2.59. The lowest BCUT2D eigenvalue weighted by molar-refractivity contribution is -0.0960. The Morgan fingerprint density at radius 3 is 2.85 bits per heavy atom. The third-order valence-electron chi connectivity index (χ3n) is 7.77. The number of hydrogen-bond donors (Lipinski definition) is 6. The van der Waals surface area contributed by atoms with Crippen molar-refractivity contribution < 1.29 is 24.6 Å². The van der Waals surface area contributed by atoms with Crippen molar-refractivity contribution in [2.24, 2.45) is 17.8 Å². The highest BCUT2D eigenvalue weighted by Gasteiger charge is 2.55. The van der Waals surface area contributed by atoms with Crippen LogP contribution < -0.4 is 10.6 Å². The molecule has 3 aromatic rings. The molecule has 4 bridgehead atoms. The Morgan fingerprint density at radius 1 is 1.29 bits per heavy atom. The molecular formula is C23H28N6O5. The van der Waals surface area contributed by atoms with Gasteiger partial charge in [0.1, 0.15) is 5.65 Å². The minimum absolute atomic E-state index is 0.114. The van der Waals surface area contributed by atoms with Crippen LogP contribution in [0.1, 0.15) is 42.7 Å². The van der Waals surface area contributed by atoms with Crippen LogP contribution in [0.2, 0.25) is 0 Å². The number of aromatic nitrogens is 4. The molecule has 11 heteroatoms. The summed E-state index contributed by atoms with van der Waals surface area (Å²) in [6, 6.07) is 1.95. The molecule has 1 amide bonds. The second kappa shape index (κ2) is 8.03. The molecule has 180 valence electrons. The maximum Gasteiger partial charge on any atom is 0.292 e. The lowest BCUT2D eigenvalue weighted by Crippen LogP contribution is -2.60. The number of hydrogen-bond acceptors (Lipinski definition) is 9. The van der Waals surface area contributed by atoms with E-state index in [2.05, 4.69) is 30.7 Å². The number of aromatic amines is 1. The van der Waals surface area contributed by atoms with E-state index in [4.69, 9.17) is 9.63 Å². The SMILES string of the molecule is O=C(NC[C@H](O)CO)c1noc(-c2cnc3[nH]ccc3c2NC23CC4C[C@H](C2)C(O)[C@@H](C4)C3)n1. The van der Waals surface area contributed by atoms with Crippen molar-refractivity contribution in [3.63, 3.8) is 0 Å². The molecule has 6 atom stereocenters. The topological polar surface area (TPSA) is 169 Å². The number of carbonyl (C=O) groups is 1. The smallest absolute Gasteiger partial charge is 0.292 e. The summed E-state index contributed by atoms with van der Waals surface area (Å²) in [7, 11) is 0. The predicted octanol–water partition coefficient (Wildman–Crippen LogP) is 1.05. The Morgan fingerprint density at radius 2 is 2.09 bits per heavy atom. The molecular weight excluding hydrogens is 440 g/mol. The van der Waals surface area contributed by atoms with E-state index < -0.39 is 18.6 Å². The number of pyridine rings is 1. The normalized spacial score (nSPS) is 30.6. The van der Waals surface area contributed by atoms with E-state index in [1.165, 1.54) is 0 Å². The number of amides is 1. The van der Waals surface area contributed by atoms with Gasteiger partial charge < -0.3 is 35.5 Å². The van der Waals surface area contributed by atoms with Gasteiger partial charge in [0.15, 0.2) is 0 Å². The van der Waals surface area contributed by atoms with E-state index in [1.54, 1.807) is 6.20 Å². The average molecular weight is 469 g/mol. The third kappa shape index (κ3) is 3.55. The van der Waals surface area contributed by atoms with E-state index >= 15 is 0 Å². The Balaban J connectivity index is 1.33. The summed E-state index contributed by atoms with van der Waals surface area (Å²) in [6.07, 6.45) is 7.29. The van der Waals surface area contributed by atoms with Gasteiger partial charge in [0, 0.05) is 29.9 Å². The molecule has 4 fully saturated rings. The first-order chi connectivity index (χ1) is 16.4. The van der Waals surface area contributed by atoms with Crippen LogP contribution in [-0.4, -0.2) is 72.2 Å². The quantitative estimate of drug-likeness (QED) is 0.297. The van der Waals surface area contributed by atoms with Crippen LogP contribution in [0.15, 0.2) is 23.0 Å². The summed E-state index contributed by atoms with van der Waals surface area (Å²) < 4.78 is 5.44. The second-order valence-corrected chi connectivity index (χ2v) is 10.1. The minimum Gasteiger partial charge on any atom is -0.394 e. The molecule has 4 aliphatic rings. The van der Waals surface area contributed by atoms with Crippen molar-refractivity contribution in [2.45, 2.75) is 49.9 Å². The van der Waals surface area contributed by atoms with E-state index in [1.807, 2.05) is 12.3 Å². The van der Waals surface area contributed by atoms with Crippen LogP contribution in [0.3, 0.4) is 0 Å². The number of aliphatic hydroxyl groups excluding tert-OH is 3. The molecule has 0 spiro atoms. The van der Waals surface area contributed by atoms with Gasteiger partial charge in [-0.05, 0) is 55.9 Å². The fourth-order valence-electron chi connectivity index (χ4n) is 6.50. The summed E-state index contributed by atoms with van der Waals surface area (Å²) in [5.74, 6) is 0.641. The number of nitrogens with one attached hydrogen (secondary N) is 3. The molecule has 4 aliphatic carbocycles. The summed E-state index contributed by atoms with van der Waals surface area (Å²) in [5, 5.41) is 40.0. The van der Waals surface area contributed by atoms with Gasteiger partial charge in [-0.25, -0.2) is 4.98 Å². The first kappa shape index (κ1) is 21.5. The number of rotatable bonds is 7. The average Bonchev–Trinajstić information content (AvgIpc) is 3.50. The number of aliphatic hydroxyl groups is 3. The number of H-pyrrole nitrogens is 1.